The summed E-state index contributed by atoms with van der Waals surface area (Å²) in [6.07, 6.45) is 10.6. The van der Waals surface area contributed by atoms with Crippen LogP contribution in [0.3, 0.4) is 0 Å². The Labute approximate surface area is 129 Å². The van der Waals surface area contributed by atoms with Gasteiger partial charge in [-0.1, -0.05) is 52.4 Å². The first-order chi connectivity index (χ1) is 10.1. The number of hydrogen-bond acceptors (Lipinski definition) is 3. The summed E-state index contributed by atoms with van der Waals surface area (Å²) in [4.78, 5) is 12.0. The molecule has 0 unspecified atom stereocenters. The van der Waals surface area contributed by atoms with Crippen LogP contribution in [0.25, 0.3) is 0 Å². The number of fused-ring (bicyclic) bond motifs is 2. The maximum atomic E-state index is 4.77. The first kappa shape index (κ1) is 14.9. The maximum Gasteiger partial charge on any atom is 0.269 e. The molecular weight excluding hydrogens is 257 g/mol. The summed E-state index contributed by atoms with van der Waals surface area (Å²) in [5.41, 5.74) is 0. The molecule has 21 heavy (non-hydrogen) atoms. The predicted molar refractivity (Wildman–Crippen MR) is 91.9 cm³/mol. The largest absolute Gasteiger partial charge is 0.363 e. The van der Waals surface area contributed by atoms with E-state index in [2.05, 4.69) is 38.6 Å². The van der Waals surface area contributed by atoms with Gasteiger partial charge in [-0.05, 0) is 37.5 Å². The van der Waals surface area contributed by atoms with Crippen LogP contribution in [0.2, 0.25) is 11.6 Å². The van der Waals surface area contributed by atoms with Crippen molar-refractivity contribution in [3.63, 3.8) is 0 Å². The molecule has 0 aromatic heterocycles. The van der Waals surface area contributed by atoms with Crippen LogP contribution in [0.4, 0.5) is 0 Å². The summed E-state index contributed by atoms with van der Waals surface area (Å²) in [7, 11) is 0. The van der Waals surface area contributed by atoms with Gasteiger partial charge in [0.05, 0.1) is 11.7 Å². The first-order valence-electron chi connectivity index (χ1n) is 8.68. The molecule has 3 nitrogen and oxygen atoms in total. The Morgan fingerprint density at radius 1 is 1.00 bits per heavy atom. The van der Waals surface area contributed by atoms with Crippen LogP contribution in [0.15, 0.2) is 21.9 Å². The van der Waals surface area contributed by atoms with Gasteiger partial charge < -0.3 is 4.81 Å². The average molecular weight is 285 g/mol. The Hall–Kier alpha value is -1.06. The van der Waals surface area contributed by atoms with Crippen molar-refractivity contribution in [1.29, 1.82) is 0 Å². The summed E-state index contributed by atoms with van der Waals surface area (Å²) in [6, 6.07) is 0. The van der Waals surface area contributed by atoms with Crippen molar-refractivity contribution in [3.8, 4) is 0 Å². The van der Waals surface area contributed by atoms with Crippen molar-refractivity contribution in [3.05, 3.63) is 11.9 Å². The van der Waals surface area contributed by atoms with E-state index in [4.69, 9.17) is 9.98 Å². The smallest absolute Gasteiger partial charge is 0.269 e. The second-order valence-corrected chi connectivity index (χ2v) is 7.33. The molecule has 0 saturated carbocycles. The van der Waals surface area contributed by atoms with Gasteiger partial charge in [-0.25, -0.2) is 9.98 Å². The number of rotatable bonds is 2. The van der Waals surface area contributed by atoms with E-state index in [1.165, 1.54) is 38.5 Å². The molecule has 3 aliphatic rings. The molecule has 0 spiro atoms. The molecule has 3 aliphatic heterocycles. The molecule has 0 aliphatic carbocycles. The monoisotopic (exact) mass is 285 g/mol. The molecule has 0 atom stereocenters. The molecule has 3 rings (SSSR count). The first-order valence-corrected chi connectivity index (χ1v) is 8.68. The number of nitrogens with zero attached hydrogens (tertiary/aromatic N) is 3. The molecule has 2 fully saturated rings. The highest BCUT2D eigenvalue weighted by Gasteiger charge is 2.45. The zero-order chi connectivity index (χ0) is 15.0. The van der Waals surface area contributed by atoms with Gasteiger partial charge in [0.2, 0.25) is 0 Å². The highest BCUT2D eigenvalue weighted by atomic mass is 15.3. The summed E-state index contributed by atoms with van der Waals surface area (Å²) in [5.74, 6) is 5.40. The predicted octanol–water partition coefficient (Wildman–Crippen LogP) is 4.74. The second-order valence-electron chi connectivity index (χ2n) is 7.33. The zero-order valence-corrected chi connectivity index (χ0v) is 14.0. The third-order valence-electron chi connectivity index (χ3n) is 5.30. The third kappa shape index (κ3) is 2.95. The van der Waals surface area contributed by atoms with Crippen LogP contribution < -0.4 is 0 Å². The maximum absolute atomic E-state index is 4.77. The highest BCUT2D eigenvalue weighted by Crippen LogP contribution is 2.47. The van der Waals surface area contributed by atoms with Gasteiger partial charge in [-0.2, -0.15) is 0 Å². The van der Waals surface area contributed by atoms with E-state index in [1.807, 2.05) is 0 Å². The standard InChI is InChI=1S/C17H28BN3/c1-12(2)11-17-19-13(3)21(14(4)20-17)18-15-7-5-8-16(18)10-6-9-15/h11-12,15-16H,5-10H2,1-4H3. The Balaban J connectivity index is 1.88. The quantitative estimate of drug-likeness (QED) is 0.674. The minimum atomic E-state index is 0.494. The van der Waals surface area contributed by atoms with Crippen molar-refractivity contribution < 1.29 is 0 Å². The van der Waals surface area contributed by atoms with Crippen LogP contribution in [-0.4, -0.2) is 23.3 Å². The number of hydrogen-bond donors (Lipinski definition) is 0. The Kier molecular flexibility index (Phi) is 4.23. The van der Waals surface area contributed by atoms with E-state index in [-0.39, 0.29) is 0 Å². The van der Waals surface area contributed by atoms with Gasteiger partial charge >= 0.3 is 0 Å². The zero-order valence-electron chi connectivity index (χ0n) is 14.0. The number of allylic oxidation sites excluding steroid dienone is 1. The van der Waals surface area contributed by atoms with Crippen LogP contribution >= 0.6 is 0 Å². The van der Waals surface area contributed by atoms with Gasteiger partial charge in [-0.15, -0.1) is 0 Å². The second kappa shape index (κ2) is 5.98. The molecule has 0 radical (unpaired) electrons. The molecule has 2 saturated heterocycles. The Bertz CT molecular complexity index is 448. The lowest BCUT2D eigenvalue weighted by Gasteiger charge is -2.46. The van der Waals surface area contributed by atoms with Gasteiger partial charge in [0.15, 0.2) is 5.82 Å². The topological polar surface area (TPSA) is 28.0 Å². The molecule has 0 amide bonds. The average Bonchev–Trinajstić information content (AvgIpc) is 2.36. The summed E-state index contributed by atoms with van der Waals surface area (Å²) >= 11 is 0. The van der Waals surface area contributed by atoms with Gasteiger partial charge in [0.1, 0.15) is 0 Å². The molecule has 114 valence electrons. The summed E-state index contributed by atoms with van der Waals surface area (Å²) < 4.78 is 0. The Morgan fingerprint density at radius 2 is 1.48 bits per heavy atom. The minimum absolute atomic E-state index is 0.494. The van der Waals surface area contributed by atoms with Crippen molar-refractivity contribution in [2.75, 3.05) is 0 Å². The van der Waals surface area contributed by atoms with E-state index in [9.17, 15) is 0 Å². The molecule has 0 N–H and O–H groups in total. The van der Waals surface area contributed by atoms with Gasteiger partial charge in [-0.3, -0.25) is 0 Å². The normalized spacial score (nSPS) is 29.5. The fourth-order valence-electron chi connectivity index (χ4n) is 4.57. The molecular formula is C17H28BN3. The third-order valence-corrected chi connectivity index (χ3v) is 5.30. The highest BCUT2D eigenvalue weighted by molar-refractivity contribution is 6.65. The lowest BCUT2D eigenvalue weighted by Crippen LogP contribution is -2.54. The van der Waals surface area contributed by atoms with E-state index < -0.39 is 0 Å². The summed E-state index contributed by atoms with van der Waals surface area (Å²) in [5, 5.41) is 0. The number of amidine groups is 2. The van der Waals surface area contributed by atoms with Crippen molar-refractivity contribution >= 4 is 18.5 Å². The lowest BCUT2D eigenvalue weighted by atomic mass is 9.33. The molecule has 3 heterocycles. The van der Waals surface area contributed by atoms with Crippen LogP contribution in [-0.2, 0) is 0 Å². The van der Waals surface area contributed by atoms with Crippen molar-refractivity contribution in [2.24, 2.45) is 15.9 Å². The fraction of sp³-hybridized carbons (Fsp3) is 0.765. The van der Waals surface area contributed by atoms with Gasteiger partial charge in [0.25, 0.3) is 6.85 Å². The minimum Gasteiger partial charge on any atom is -0.363 e. The van der Waals surface area contributed by atoms with Gasteiger partial charge in [0, 0.05) is 0 Å². The SMILES string of the molecule is CC1=NC(=CC(C)C)N=C(C)N1B1C2CCCC1CCC2. The van der Waals surface area contributed by atoms with E-state index in [1.54, 1.807) is 0 Å². The molecule has 4 heteroatoms. The molecule has 2 bridgehead atoms. The Morgan fingerprint density at radius 3 is 1.90 bits per heavy atom. The van der Waals surface area contributed by atoms with E-state index in [0.717, 1.165) is 29.1 Å². The molecule has 0 aromatic rings. The van der Waals surface area contributed by atoms with Crippen molar-refractivity contribution in [1.82, 2.24) is 4.81 Å². The van der Waals surface area contributed by atoms with Crippen LogP contribution in [0.1, 0.15) is 66.2 Å². The van der Waals surface area contributed by atoms with E-state index >= 15 is 0 Å². The summed E-state index contributed by atoms with van der Waals surface area (Å²) in [6.45, 7) is 9.34. The van der Waals surface area contributed by atoms with Crippen molar-refractivity contribution in [2.45, 2.75) is 77.9 Å². The van der Waals surface area contributed by atoms with E-state index in [0.29, 0.717) is 12.8 Å². The fourth-order valence-corrected chi connectivity index (χ4v) is 4.57. The number of aliphatic imine (C=N–C) groups is 2. The lowest BCUT2D eigenvalue weighted by molar-refractivity contribution is 0.426. The molecule has 0 aromatic carbocycles. The van der Waals surface area contributed by atoms with Crippen LogP contribution in [0.5, 0.6) is 0 Å². The van der Waals surface area contributed by atoms with Crippen LogP contribution in [0, 0.1) is 5.92 Å².